The molecule has 0 bridgehead atoms. The van der Waals surface area contributed by atoms with Crippen LogP contribution >= 0.6 is 22.6 Å². The van der Waals surface area contributed by atoms with Gasteiger partial charge in [0.15, 0.2) is 0 Å². The van der Waals surface area contributed by atoms with Crippen molar-refractivity contribution in [1.29, 1.82) is 0 Å². The summed E-state index contributed by atoms with van der Waals surface area (Å²) in [4.78, 5) is 24.2. The molecule has 4 nitrogen and oxygen atoms in total. The first-order valence-electron chi connectivity index (χ1n) is 8.44. The van der Waals surface area contributed by atoms with E-state index in [1.54, 1.807) is 6.07 Å². The van der Waals surface area contributed by atoms with E-state index in [0.717, 1.165) is 9.99 Å². The average molecular weight is 428 g/mol. The van der Waals surface area contributed by atoms with Crippen LogP contribution in [0.25, 0.3) is 0 Å². The normalized spacial score (nSPS) is 20.3. The fourth-order valence-corrected chi connectivity index (χ4v) is 3.83. The van der Waals surface area contributed by atoms with E-state index in [0.29, 0.717) is 11.5 Å². The molecule has 2 atom stereocenters. The van der Waals surface area contributed by atoms with E-state index in [4.69, 9.17) is 0 Å². The SMILES string of the molecule is CCCCC1CCCC1NC(=O)CNC(=O)c1ccccc1I. The van der Waals surface area contributed by atoms with E-state index in [9.17, 15) is 9.59 Å². The Labute approximate surface area is 151 Å². The van der Waals surface area contributed by atoms with Gasteiger partial charge in [0.1, 0.15) is 0 Å². The molecular formula is C18H25IN2O2. The van der Waals surface area contributed by atoms with Crippen molar-refractivity contribution in [2.24, 2.45) is 5.92 Å². The summed E-state index contributed by atoms with van der Waals surface area (Å²) >= 11 is 2.13. The van der Waals surface area contributed by atoms with Crippen molar-refractivity contribution < 1.29 is 9.59 Å². The molecule has 5 heteroatoms. The molecule has 1 aromatic rings. The van der Waals surface area contributed by atoms with E-state index in [1.165, 1.54) is 32.1 Å². The number of hydrogen-bond acceptors (Lipinski definition) is 2. The summed E-state index contributed by atoms with van der Waals surface area (Å²) in [5, 5.41) is 5.82. The minimum atomic E-state index is -0.195. The zero-order valence-electron chi connectivity index (χ0n) is 13.6. The van der Waals surface area contributed by atoms with Crippen LogP contribution in [0.4, 0.5) is 0 Å². The van der Waals surface area contributed by atoms with Crippen LogP contribution in [0.3, 0.4) is 0 Å². The fourth-order valence-electron chi connectivity index (χ4n) is 3.20. The second kappa shape index (κ2) is 9.25. The largest absolute Gasteiger partial charge is 0.352 e. The minimum Gasteiger partial charge on any atom is -0.352 e. The number of halogens is 1. The van der Waals surface area contributed by atoms with Gasteiger partial charge in [0.25, 0.3) is 5.91 Å². The Bertz CT molecular complexity index is 548. The Morgan fingerprint density at radius 1 is 1.26 bits per heavy atom. The van der Waals surface area contributed by atoms with Crippen LogP contribution in [0, 0.1) is 9.49 Å². The number of unbranched alkanes of at least 4 members (excludes halogenated alkanes) is 1. The van der Waals surface area contributed by atoms with E-state index >= 15 is 0 Å². The smallest absolute Gasteiger partial charge is 0.252 e. The molecule has 2 rings (SSSR count). The molecule has 2 N–H and O–H groups in total. The van der Waals surface area contributed by atoms with Gasteiger partial charge in [-0.15, -0.1) is 0 Å². The monoisotopic (exact) mass is 428 g/mol. The molecule has 0 spiro atoms. The van der Waals surface area contributed by atoms with Crippen molar-refractivity contribution in [3.8, 4) is 0 Å². The molecule has 1 aromatic carbocycles. The van der Waals surface area contributed by atoms with E-state index in [-0.39, 0.29) is 24.4 Å². The maximum absolute atomic E-state index is 12.1. The van der Waals surface area contributed by atoms with E-state index in [1.807, 2.05) is 18.2 Å². The first-order chi connectivity index (χ1) is 11.1. The number of hydrogen-bond donors (Lipinski definition) is 2. The minimum absolute atomic E-state index is 0.0425. The van der Waals surface area contributed by atoms with Crippen molar-refractivity contribution in [1.82, 2.24) is 10.6 Å². The quantitative estimate of drug-likeness (QED) is 0.654. The van der Waals surface area contributed by atoms with E-state index < -0.39 is 0 Å². The van der Waals surface area contributed by atoms with Crippen molar-refractivity contribution in [2.45, 2.75) is 51.5 Å². The Morgan fingerprint density at radius 3 is 2.78 bits per heavy atom. The molecule has 126 valence electrons. The fraction of sp³-hybridized carbons (Fsp3) is 0.556. The third-order valence-corrected chi connectivity index (χ3v) is 5.40. The summed E-state index contributed by atoms with van der Waals surface area (Å²) in [5.41, 5.74) is 0.614. The maximum Gasteiger partial charge on any atom is 0.252 e. The molecular weight excluding hydrogens is 403 g/mol. The lowest BCUT2D eigenvalue weighted by molar-refractivity contribution is -0.121. The summed E-state index contributed by atoms with van der Waals surface area (Å²) in [7, 11) is 0. The number of amides is 2. The van der Waals surface area contributed by atoms with Crippen molar-refractivity contribution >= 4 is 34.4 Å². The standard InChI is InChI=1S/C18H25IN2O2/c1-2-3-7-13-8-6-11-16(13)21-17(22)12-20-18(23)14-9-4-5-10-15(14)19/h4-5,9-10,13,16H,2-3,6-8,11-12H2,1H3,(H,20,23)(H,21,22). The van der Waals surface area contributed by atoms with E-state index in [2.05, 4.69) is 40.1 Å². The first-order valence-corrected chi connectivity index (χ1v) is 9.51. The van der Waals surface area contributed by atoms with Crippen molar-refractivity contribution in [3.05, 3.63) is 33.4 Å². The summed E-state index contributed by atoms with van der Waals surface area (Å²) in [6, 6.07) is 7.65. The second-order valence-electron chi connectivity index (χ2n) is 6.17. The van der Waals surface area contributed by atoms with Gasteiger partial charge in [0.2, 0.25) is 5.91 Å². The maximum atomic E-state index is 12.1. The highest BCUT2D eigenvalue weighted by Crippen LogP contribution is 2.29. The molecule has 2 unspecified atom stereocenters. The molecule has 0 aliphatic heterocycles. The van der Waals surface area contributed by atoms with Gasteiger partial charge >= 0.3 is 0 Å². The molecule has 0 heterocycles. The number of nitrogens with one attached hydrogen (secondary N) is 2. The lowest BCUT2D eigenvalue weighted by Crippen LogP contribution is -2.43. The van der Waals surface area contributed by atoms with Crippen LogP contribution in [0.1, 0.15) is 55.8 Å². The van der Waals surface area contributed by atoms with Gasteiger partial charge in [0.05, 0.1) is 12.1 Å². The molecule has 1 aliphatic carbocycles. The van der Waals surface area contributed by atoms with Crippen LogP contribution < -0.4 is 10.6 Å². The Morgan fingerprint density at radius 2 is 2.04 bits per heavy atom. The second-order valence-corrected chi connectivity index (χ2v) is 7.33. The molecule has 1 saturated carbocycles. The molecule has 2 amide bonds. The number of carbonyl (C=O) groups excluding carboxylic acids is 2. The molecule has 0 radical (unpaired) electrons. The Hall–Kier alpha value is -1.11. The predicted octanol–water partition coefficient (Wildman–Crippen LogP) is 3.50. The average Bonchev–Trinajstić information content (AvgIpc) is 2.98. The van der Waals surface area contributed by atoms with Crippen LogP contribution in [-0.4, -0.2) is 24.4 Å². The Balaban J connectivity index is 1.79. The summed E-state index contributed by atoms with van der Waals surface area (Å²) in [6.07, 6.45) is 7.07. The lowest BCUT2D eigenvalue weighted by atomic mass is 9.97. The first kappa shape index (κ1) is 18.2. The van der Waals surface area contributed by atoms with Crippen molar-refractivity contribution in [2.75, 3.05) is 6.54 Å². The summed E-state index contributed by atoms with van der Waals surface area (Å²) < 4.78 is 0.887. The number of carbonyl (C=O) groups is 2. The predicted molar refractivity (Wildman–Crippen MR) is 100 cm³/mol. The van der Waals surface area contributed by atoms with Gasteiger partial charge < -0.3 is 10.6 Å². The zero-order chi connectivity index (χ0) is 16.7. The highest BCUT2D eigenvalue weighted by Gasteiger charge is 2.27. The van der Waals surface area contributed by atoms with Crippen LogP contribution in [0.2, 0.25) is 0 Å². The number of benzene rings is 1. The van der Waals surface area contributed by atoms with Crippen LogP contribution in [0.5, 0.6) is 0 Å². The lowest BCUT2D eigenvalue weighted by Gasteiger charge is -2.21. The van der Waals surface area contributed by atoms with Gasteiger partial charge in [-0.2, -0.15) is 0 Å². The highest BCUT2D eigenvalue weighted by atomic mass is 127. The molecule has 0 saturated heterocycles. The molecule has 1 aliphatic rings. The third-order valence-electron chi connectivity index (χ3n) is 4.46. The van der Waals surface area contributed by atoms with Gasteiger partial charge in [-0.05, 0) is 59.9 Å². The third kappa shape index (κ3) is 5.48. The van der Waals surface area contributed by atoms with Crippen molar-refractivity contribution in [3.63, 3.8) is 0 Å². The zero-order valence-corrected chi connectivity index (χ0v) is 15.8. The van der Waals surface area contributed by atoms with Crippen LogP contribution in [0.15, 0.2) is 24.3 Å². The van der Waals surface area contributed by atoms with Crippen LogP contribution in [-0.2, 0) is 4.79 Å². The van der Waals surface area contributed by atoms with Gasteiger partial charge in [-0.1, -0.05) is 38.3 Å². The molecule has 0 aromatic heterocycles. The molecule has 1 fully saturated rings. The highest BCUT2D eigenvalue weighted by molar-refractivity contribution is 14.1. The number of rotatable bonds is 7. The van der Waals surface area contributed by atoms with Gasteiger partial charge in [-0.25, -0.2) is 0 Å². The van der Waals surface area contributed by atoms with Gasteiger partial charge in [0, 0.05) is 9.61 Å². The Kier molecular flexibility index (Phi) is 7.33. The van der Waals surface area contributed by atoms with Gasteiger partial charge in [-0.3, -0.25) is 9.59 Å². The summed E-state index contributed by atoms with van der Waals surface area (Å²) in [5.74, 6) is 0.321. The topological polar surface area (TPSA) is 58.2 Å². The summed E-state index contributed by atoms with van der Waals surface area (Å²) in [6.45, 7) is 2.24. The molecule has 23 heavy (non-hydrogen) atoms.